The average molecular weight is 958 g/mol. The molecule has 0 saturated heterocycles. The number of esters is 3. The molecule has 0 N–H and O–H groups in total. The minimum atomic E-state index is -0.787. The van der Waals surface area contributed by atoms with Crippen molar-refractivity contribution in [1.82, 2.24) is 0 Å². The van der Waals surface area contributed by atoms with E-state index in [0.717, 1.165) is 122 Å². The van der Waals surface area contributed by atoms with Crippen molar-refractivity contribution in [2.45, 2.75) is 258 Å². The summed E-state index contributed by atoms with van der Waals surface area (Å²) in [5.41, 5.74) is 0. The number of hydrogen-bond acceptors (Lipinski definition) is 6. The Bertz CT molecular complexity index is 1420. The SMILES string of the molecule is CC/C=C\C/C=C\C/C=C\C/C=C\C/C=C\C/C=C\C/C=C\C/C=C\C/C=C\CCCCCC(=O)OCC(COC(=O)CCCCCCCCC)OC(=O)CCCCCCCCCCCCCCC. The lowest BCUT2D eigenvalue weighted by Crippen LogP contribution is -2.30. The molecule has 0 amide bonds. The second-order valence-corrected chi connectivity index (χ2v) is 18.5. The number of carbonyl (C=O) groups excluding carboxylic acids is 3. The van der Waals surface area contributed by atoms with Crippen LogP contribution in [0.1, 0.15) is 252 Å². The minimum Gasteiger partial charge on any atom is -0.462 e. The summed E-state index contributed by atoms with van der Waals surface area (Å²) in [6.07, 6.45) is 76.8. The van der Waals surface area contributed by atoms with Crippen LogP contribution in [0, 0.1) is 0 Å². The zero-order chi connectivity index (χ0) is 50.0. The molecule has 0 aromatic heterocycles. The molecule has 0 radical (unpaired) electrons. The molecule has 0 aromatic rings. The van der Waals surface area contributed by atoms with E-state index in [0.29, 0.717) is 19.3 Å². The summed E-state index contributed by atoms with van der Waals surface area (Å²) in [7, 11) is 0. The topological polar surface area (TPSA) is 78.9 Å². The van der Waals surface area contributed by atoms with Gasteiger partial charge in [0, 0.05) is 19.3 Å². The summed E-state index contributed by atoms with van der Waals surface area (Å²) in [5, 5.41) is 0. The zero-order valence-corrected chi connectivity index (χ0v) is 44.8. The van der Waals surface area contributed by atoms with Gasteiger partial charge in [0.05, 0.1) is 0 Å². The summed E-state index contributed by atoms with van der Waals surface area (Å²) in [4.78, 5) is 37.8. The molecule has 0 aliphatic rings. The molecule has 0 bridgehead atoms. The van der Waals surface area contributed by atoms with Crippen molar-refractivity contribution in [3.05, 3.63) is 109 Å². The molecule has 0 aliphatic heterocycles. The normalized spacial score (nSPS) is 12.9. The molecule has 0 aromatic carbocycles. The van der Waals surface area contributed by atoms with Crippen LogP contribution in [-0.2, 0) is 28.6 Å². The van der Waals surface area contributed by atoms with E-state index in [4.69, 9.17) is 14.2 Å². The van der Waals surface area contributed by atoms with Crippen LogP contribution in [0.25, 0.3) is 0 Å². The van der Waals surface area contributed by atoms with Gasteiger partial charge < -0.3 is 14.2 Å². The molecule has 0 fully saturated rings. The van der Waals surface area contributed by atoms with Gasteiger partial charge >= 0.3 is 17.9 Å². The van der Waals surface area contributed by atoms with Gasteiger partial charge in [0.2, 0.25) is 0 Å². The molecule has 1 atom stereocenters. The lowest BCUT2D eigenvalue weighted by molar-refractivity contribution is -0.167. The van der Waals surface area contributed by atoms with Crippen molar-refractivity contribution in [3.8, 4) is 0 Å². The highest BCUT2D eigenvalue weighted by Gasteiger charge is 2.19. The Morgan fingerprint density at radius 1 is 0.304 bits per heavy atom. The highest BCUT2D eigenvalue weighted by Crippen LogP contribution is 2.15. The van der Waals surface area contributed by atoms with Crippen LogP contribution in [-0.4, -0.2) is 37.2 Å². The molecular formula is C63H104O6. The lowest BCUT2D eigenvalue weighted by Gasteiger charge is -2.18. The molecule has 0 heterocycles. The highest BCUT2D eigenvalue weighted by molar-refractivity contribution is 5.71. The Balaban J connectivity index is 4.23. The fraction of sp³-hybridized carbons (Fsp3) is 0.667. The molecule has 1 unspecified atom stereocenters. The molecule has 6 nitrogen and oxygen atoms in total. The van der Waals surface area contributed by atoms with E-state index in [1.54, 1.807) is 0 Å². The average Bonchev–Trinajstić information content (AvgIpc) is 3.35. The van der Waals surface area contributed by atoms with Crippen LogP contribution in [0.2, 0.25) is 0 Å². The van der Waals surface area contributed by atoms with Crippen LogP contribution in [0.15, 0.2) is 109 Å². The smallest absolute Gasteiger partial charge is 0.306 e. The zero-order valence-electron chi connectivity index (χ0n) is 44.8. The van der Waals surface area contributed by atoms with E-state index in [1.165, 1.54) is 89.9 Å². The summed E-state index contributed by atoms with van der Waals surface area (Å²) >= 11 is 0. The molecule has 0 spiro atoms. The maximum absolute atomic E-state index is 12.8. The lowest BCUT2D eigenvalue weighted by atomic mass is 10.0. The monoisotopic (exact) mass is 957 g/mol. The van der Waals surface area contributed by atoms with E-state index in [2.05, 4.69) is 130 Å². The molecule has 0 aliphatic carbocycles. The number of rotatable bonds is 50. The van der Waals surface area contributed by atoms with Gasteiger partial charge in [0.15, 0.2) is 6.10 Å². The maximum Gasteiger partial charge on any atom is 0.306 e. The summed E-state index contributed by atoms with van der Waals surface area (Å²) < 4.78 is 16.7. The van der Waals surface area contributed by atoms with Crippen molar-refractivity contribution in [2.24, 2.45) is 0 Å². The Morgan fingerprint density at radius 2 is 0.565 bits per heavy atom. The van der Waals surface area contributed by atoms with E-state index in [9.17, 15) is 14.4 Å². The molecule has 0 rings (SSSR count). The standard InChI is InChI=1S/C63H104O6/c1-4-7-10-13-16-18-20-22-23-24-25-26-27-28-29-30-31-32-33-34-35-36-37-38-39-41-42-44-47-50-53-56-62(65)68-59-60(58-67-61(64)55-52-49-46-15-12-9-6-3)69-63(66)57-54-51-48-45-43-40-21-19-17-14-11-8-5-2/h7,10,16,18,22-23,25-26,28-29,31-32,34-35,37-38,41-42,60H,4-6,8-9,11-15,17,19-21,24,27,30,33,36,39-40,43-59H2,1-3H3/b10-7-,18-16-,23-22-,26-25-,29-28-,32-31-,35-34-,38-37-,42-41-. The predicted molar refractivity (Wildman–Crippen MR) is 297 cm³/mol. The van der Waals surface area contributed by atoms with Crippen molar-refractivity contribution < 1.29 is 28.6 Å². The van der Waals surface area contributed by atoms with Gasteiger partial charge in [0.25, 0.3) is 0 Å². The number of allylic oxidation sites excluding steroid dienone is 18. The first kappa shape index (κ1) is 65.1. The highest BCUT2D eigenvalue weighted by atomic mass is 16.6. The Hall–Kier alpha value is -3.93. The fourth-order valence-electron chi connectivity index (χ4n) is 7.55. The number of hydrogen-bond donors (Lipinski definition) is 0. The predicted octanol–water partition coefficient (Wildman–Crippen LogP) is 19.1. The van der Waals surface area contributed by atoms with Crippen LogP contribution in [0.3, 0.4) is 0 Å². The number of unbranched alkanes of at least 4 members (excludes halogenated alkanes) is 21. The first-order chi connectivity index (χ1) is 34.0. The van der Waals surface area contributed by atoms with Crippen molar-refractivity contribution in [2.75, 3.05) is 13.2 Å². The first-order valence-electron chi connectivity index (χ1n) is 28.4. The third-order valence-electron chi connectivity index (χ3n) is 11.8. The molecule has 6 heteroatoms. The van der Waals surface area contributed by atoms with Crippen molar-refractivity contribution in [3.63, 3.8) is 0 Å². The van der Waals surface area contributed by atoms with Gasteiger partial charge in [-0.1, -0.05) is 252 Å². The van der Waals surface area contributed by atoms with E-state index < -0.39 is 6.10 Å². The Kier molecular flexibility index (Phi) is 53.4. The van der Waals surface area contributed by atoms with Crippen LogP contribution in [0.4, 0.5) is 0 Å². The van der Waals surface area contributed by atoms with Crippen molar-refractivity contribution >= 4 is 17.9 Å². The molecule has 392 valence electrons. The second-order valence-electron chi connectivity index (χ2n) is 18.5. The first-order valence-corrected chi connectivity index (χ1v) is 28.4. The summed E-state index contributed by atoms with van der Waals surface area (Å²) in [6.45, 7) is 6.45. The van der Waals surface area contributed by atoms with E-state index in [-0.39, 0.29) is 31.1 Å². The Morgan fingerprint density at radius 3 is 0.884 bits per heavy atom. The van der Waals surface area contributed by atoms with Gasteiger partial charge in [-0.3, -0.25) is 14.4 Å². The molecular weight excluding hydrogens is 853 g/mol. The van der Waals surface area contributed by atoms with Crippen LogP contribution in [0.5, 0.6) is 0 Å². The fourth-order valence-corrected chi connectivity index (χ4v) is 7.55. The van der Waals surface area contributed by atoms with Gasteiger partial charge in [-0.15, -0.1) is 0 Å². The molecule has 0 saturated carbocycles. The largest absolute Gasteiger partial charge is 0.462 e. The van der Waals surface area contributed by atoms with Gasteiger partial charge in [-0.2, -0.15) is 0 Å². The van der Waals surface area contributed by atoms with Crippen molar-refractivity contribution in [1.29, 1.82) is 0 Å². The quantitative estimate of drug-likeness (QED) is 0.0262. The third kappa shape index (κ3) is 54.9. The summed E-state index contributed by atoms with van der Waals surface area (Å²) in [6, 6.07) is 0. The second kappa shape index (κ2) is 56.7. The minimum absolute atomic E-state index is 0.0871. The molecule has 69 heavy (non-hydrogen) atoms. The van der Waals surface area contributed by atoms with Crippen LogP contribution < -0.4 is 0 Å². The third-order valence-corrected chi connectivity index (χ3v) is 11.8. The van der Waals surface area contributed by atoms with Crippen LogP contribution >= 0.6 is 0 Å². The number of ether oxygens (including phenoxy) is 3. The summed E-state index contributed by atoms with van der Waals surface area (Å²) in [5.74, 6) is -0.928. The Labute approximate surface area is 425 Å². The maximum atomic E-state index is 12.8. The van der Waals surface area contributed by atoms with E-state index >= 15 is 0 Å². The van der Waals surface area contributed by atoms with Gasteiger partial charge in [0.1, 0.15) is 13.2 Å². The van der Waals surface area contributed by atoms with E-state index in [1.807, 2.05) is 0 Å². The van der Waals surface area contributed by atoms with Gasteiger partial charge in [-0.25, -0.2) is 0 Å². The van der Waals surface area contributed by atoms with Gasteiger partial charge in [-0.05, 0) is 89.9 Å². The number of carbonyl (C=O) groups is 3.